The van der Waals surface area contributed by atoms with Crippen molar-refractivity contribution in [3.8, 4) is 0 Å². The molecule has 2 aliphatic rings. The van der Waals surface area contributed by atoms with E-state index in [1.807, 2.05) is 6.92 Å². The molecule has 1 aliphatic carbocycles. The summed E-state index contributed by atoms with van der Waals surface area (Å²) in [4.78, 5) is 22.6. The second-order valence-electron chi connectivity index (χ2n) is 3.60. The van der Waals surface area contributed by atoms with Crippen LogP contribution < -0.4 is 0 Å². The van der Waals surface area contributed by atoms with Crippen LogP contribution in [0.1, 0.15) is 32.6 Å². The van der Waals surface area contributed by atoms with E-state index in [1.54, 1.807) is 0 Å². The molecule has 1 heterocycles. The summed E-state index contributed by atoms with van der Waals surface area (Å²) in [5.74, 6) is -0.732. The smallest absolute Gasteiger partial charge is 0.351 e. The highest BCUT2D eigenvalue weighted by atomic mass is 16.7. The molecule has 0 aromatic rings. The quantitative estimate of drug-likeness (QED) is 0.595. The lowest BCUT2D eigenvalue weighted by Gasteiger charge is -2.27. The minimum Gasteiger partial charge on any atom is -0.447 e. The van der Waals surface area contributed by atoms with Gasteiger partial charge in [-0.2, -0.15) is 0 Å². The van der Waals surface area contributed by atoms with E-state index < -0.39 is 11.7 Å². The number of rotatable bonds is 2. The first-order valence-electron chi connectivity index (χ1n) is 4.62. The third-order valence-electron chi connectivity index (χ3n) is 2.44. The molecular weight excluding hydrogens is 172 g/mol. The van der Waals surface area contributed by atoms with E-state index in [-0.39, 0.29) is 11.9 Å². The number of cyclic esters (lactones) is 1. The van der Waals surface area contributed by atoms with Crippen LogP contribution in [0, 0.1) is 0 Å². The maximum Gasteiger partial charge on any atom is 0.351 e. The van der Waals surface area contributed by atoms with Gasteiger partial charge in [-0.05, 0) is 6.42 Å². The SMILES string of the molecule is CCC[C@H]1OC(=O)C2(CC2)OC1=O. The predicted octanol–water partition coefficient (Wildman–Crippen LogP) is 0.788. The summed E-state index contributed by atoms with van der Waals surface area (Å²) in [5, 5.41) is 0. The minimum atomic E-state index is -0.874. The highest BCUT2D eigenvalue weighted by Crippen LogP contribution is 2.43. The zero-order chi connectivity index (χ0) is 9.47. The van der Waals surface area contributed by atoms with Crippen molar-refractivity contribution in [3.63, 3.8) is 0 Å². The van der Waals surface area contributed by atoms with Crippen LogP contribution in [0.15, 0.2) is 0 Å². The molecule has 0 radical (unpaired) electrons. The molecule has 13 heavy (non-hydrogen) atoms. The Kier molecular flexibility index (Phi) is 1.78. The second kappa shape index (κ2) is 2.72. The van der Waals surface area contributed by atoms with E-state index in [0.29, 0.717) is 19.3 Å². The number of hydrogen-bond acceptors (Lipinski definition) is 4. The molecule has 0 aromatic carbocycles. The van der Waals surface area contributed by atoms with Gasteiger partial charge in [-0.15, -0.1) is 0 Å². The van der Waals surface area contributed by atoms with Gasteiger partial charge in [0.25, 0.3) is 0 Å². The van der Waals surface area contributed by atoms with Crippen LogP contribution in [-0.2, 0) is 19.1 Å². The monoisotopic (exact) mass is 184 g/mol. The molecule has 0 aromatic heterocycles. The second-order valence-corrected chi connectivity index (χ2v) is 3.60. The molecule has 0 N–H and O–H groups in total. The molecule has 0 unspecified atom stereocenters. The summed E-state index contributed by atoms with van der Waals surface area (Å²) in [7, 11) is 0. The molecule has 1 spiro atoms. The van der Waals surface area contributed by atoms with Crippen molar-refractivity contribution in [2.45, 2.75) is 44.3 Å². The Morgan fingerprint density at radius 2 is 2.15 bits per heavy atom. The van der Waals surface area contributed by atoms with Crippen molar-refractivity contribution in [1.29, 1.82) is 0 Å². The lowest BCUT2D eigenvalue weighted by molar-refractivity contribution is -0.199. The van der Waals surface area contributed by atoms with Crippen molar-refractivity contribution in [3.05, 3.63) is 0 Å². The molecule has 1 saturated heterocycles. The lowest BCUT2D eigenvalue weighted by Crippen LogP contribution is -2.45. The normalized spacial score (nSPS) is 29.8. The van der Waals surface area contributed by atoms with Crippen LogP contribution in [0.25, 0.3) is 0 Å². The van der Waals surface area contributed by atoms with Crippen molar-refractivity contribution in [1.82, 2.24) is 0 Å². The van der Waals surface area contributed by atoms with E-state index in [2.05, 4.69) is 0 Å². The van der Waals surface area contributed by atoms with E-state index in [1.165, 1.54) is 0 Å². The van der Waals surface area contributed by atoms with Gasteiger partial charge in [0, 0.05) is 12.8 Å². The van der Waals surface area contributed by atoms with Crippen LogP contribution >= 0.6 is 0 Å². The topological polar surface area (TPSA) is 52.6 Å². The molecular formula is C9H12O4. The van der Waals surface area contributed by atoms with E-state index in [9.17, 15) is 9.59 Å². The zero-order valence-electron chi connectivity index (χ0n) is 7.54. The highest BCUT2D eigenvalue weighted by molar-refractivity contribution is 5.92. The zero-order valence-corrected chi connectivity index (χ0v) is 7.54. The third kappa shape index (κ3) is 1.30. The van der Waals surface area contributed by atoms with Gasteiger partial charge in [0.15, 0.2) is 6.10 Å². The first-order chi connectivity index (χ1) is 6.18. The summed E-state index contributed by atoms with van der Waals surface area (Å²) in [6.45, 7) is 1.93. The van der Waals surface area contributed by atoms with Crippen LogP contribution in [0.3, 0.4) is 0 Å². The van der Waals surface area contributed by atoms with Crippen LogP contribution in [-0.4, -0.2) is 23.6 Å². The molecule has 4 heteroatoms. The van der Waals surface area contributed by atoms with Crippen LogP contribution in [0.5, 0.6) is 0 Å². The minimum absolute atomic E-state index is 0.356. The molecule has 0 bridgehead atoms. The van der Waals surface area contributed by atoms with Gasteiger partial charge in [-0.3, -0.25) is 0 Å². The maximum absolute atomic E-state index is 11.3. The summed E-state index contributed by atoms with van der Waals surface area (Å²) >= 11 is 0. The van der Waals surface area contributed by atoms with Crippen molar-refractivity contribution >= 4 is 11.9 Å². The predicted molar refractivity (Wildman–Crippen MR) is 42.8 cm³/mol. The van der Waals surface area contributed by atoms with Crippen molar-refractivity contribution in [2.24, 2.45) is 0 Å². The van der Waals surface area contributed by atoms with E-state index in [4.69, 9.17) is 9.47 Å². The van der Waals surface area contributed by atoms with E-state index in [0.717, 1.165) is 6.42 Å². The van der Waals surface area contributed by atoms with Crippen molar-refractivity contribution < 1.29 is 19.1 Å². The molecule has 4 nitrogen and oxygen atoms in total. The third-order valence-corrected chi connectivity index (χ3v) is 2.44. The fraction of sp³-hybridized carbons (Fsp3) is 0.778. The summed E-state index contributed by atoms with van der Waals surface area (Å²) in [5.41, 5.74) is -0.874. The molecule has 1 atom stereocenters. The maximum atomic E-state index is 11.3. The Labute approximate surface area is 76.2 Å². The van der Waals surface area contributed by atoms with Gasteiger partial charge in [0.2, 0.25) is 5.60 Å². The standard InChI is InChI=1S/C9H12O4/c1-2-3-6-7(10)13-9(4-5-9)8(11)12-6/h6H,2-5H2,1H3/t6-/m1/s1. The molecule has 0 amide bonds. The molecule has 1 saturated carbocycles. The van der Waals surface area contributed by atoms with Crippen LogP contribution in [0.2, 0.25) is 0 Å². The number of ether oxygens (including phenoxy) is 2. The number of hydrogen-bond donors (Lipinski definition) is 0. The summed E-state index contributed by atoms with van der Waals surface area (Å²) in [6, 6.07) is 0. The first kappa shape index (κ1) is 8.53. The Bertz CT molecular complexity index is 254. The average molecular weight is 184 g/mol. The molecule has 2 fully saturated rings. The molecule has 72 valence electrons. The Morgan fingerprint density at radius 3 is 2.69 bits per heavy atom. The summed E-state index contributed by atoms with van der Waals surface area (Å²) in [6.07, 6.45) is 1.94. The van der Waals surface area contributed by atoms with Gasteiger partial charge in [0.05, 0.1) is 0 Å². The number of carbonyl (C=O) groups excluding carboxylic acids is 2. The average Bonchev–Trinajstić information content (AvgIpc) is 2.82. The van der Waals surface area contributed by atoms with Crippen molar-refractivity contribution in [2.75, 3.05) is 0 Å². The fourth-order valence-electron chi connectivity index (χ4n) is 1.44. The largest absolute Gasteiger partial charge is 0.447 e. The Hall–Kier alpha value is -1.06. The van der Waals surface area contributed by atoms with Gasteiger partial charge in [0.1, 0.15) is 0 Å². The Morgan fingerprint density at radius 1 is 1.46 bits per heavy atom. The highest BCUT2D eigenvalue weighted by Gasteiger charge is 2.59. The van der Waals surface area contributed by atoms with Gasteiger partial charge < -0.3 is 9.47 Å². The number of carbonyl (C=O) groups is 2. The first-order valence-corrected chi connectivity index (χ1v) is 4.62. The van der Waals surface area contributed by atoms with Gasteiger partial charge in [-0.1, -0.05) is 13.3 Å². The van der Waals surface area contributed by atoms with Crippen LogP contribution in [0.4, 0.5) is 0 Å². The number of esters is 2. The fourth-order valence-corrected chi connectivity index (χ4v) is 1.44. The molecule has 1 aliphatic heterocycles. The Balaban J connectivity index is 2.04. The van der Waals surface area contributed by atoms with Gasteiger partial charge in [-0.25, -0.2) is 9.59 Å². The van der Waals surface area contributed by atoms with Gasteiger partial charge >= 0.3 is 11.9 Å². The van der Waals surface area contributed by atoms with E-state index >= 15 is 0 Å². The lowest BCUT2D eigenvalue weighted by atomic mass is 10.2. The summed E-state index contributed by atoms with van der Waals surface area (Å²) < 4.78 is 10.1. The molecule has 2 rings (SSSR count).